The largest absolute Gasteiger partial charge is 0.363 e. The summed E-state index contributed by atoms with van der Waals surface area (Å²) in [5, 5.41) is 14.7. The van der Waals surface area contributed by atoms with E-state index in [1.165, 1.54) is 25.6 Å². The number of aromatic nitrogens is 2. The molecule has 2 fully saturated rings. The fourth-order valence-corrected chi connectivity index (χ4v) is 3.34. The van der Waals surface area contributed by atoms with Crippen molar-refractivity contribution in [3.63, 3.8) is 0 Å². The predicted molar refractivity (Wildman–Crippen MR) is 88.9 cm³/mol. The quantitative estimate of drug-likeness (QED) is 0.632. The molecule has 1 aromatic rings. The minimum Gasteiger partial charge on any atom is -0.363 e. The molecule has 0 saturated carbocycles. The molecule has 8 nitrogen and oxygen atoms in total. The Bertz CT molecular complexity index is 541. The van der Waals surface area contributed by atoms with E-state index >= 15 is 0 Å². The maximum absolute atomic E-state index is 11.5. The molecule has 2 saturated heterocycles. The third-order valence-electron chi connectivity index (χ3n) is 4.56. The second-order valence-corrected chi connectivity index (χ2v) is 6.17. The third-order valence-corrected chi connectivity index (χ3v) is 4.56. The predicted octanol–water partition coefficient (Wildman–Crippen LogP) is 1.88. The Morgan fingerprint density at radius 1 is 1.09 bits per heavy atom. The maximum atomic E-state index is 11.5. The number of rotatable bonds is 6. The van der Waals surface area contributed by atoms with Gasteiger partial charge in [0.05, 0.1) is 4.92 Å². The molecule has 0 amide bonds. The Morgan fingerprint density at radius 2 is 1.78 bits per heavy atom. The normalized spacial score (nSPS) is 19.0. The van der Waals surface area contributed by atoms with Crippen LogP contribution in [0.1, 0.15) is 32.1 Å². The lowest BCUT2D eigenvalue weighted by Gasteiger charge is -2.26. The molecule has 0 unspecified atom stereocenters. The SMILES string of the molecule is O=[N+]([O-])c1c(NCCN2CCCCC2)ncnc1N1CCCC1. The number of piperidine rings is 1. The fourth-order valence-electron chi connectivity index (χ4n) is 3.34. The molecule has 126 valence electrons. The number of hydrogen-bond donors (Lipinski definition) is 1. The Hall–Kier alpha value is -1.96. The Kier molecular flexibility index (Phi) is 5.22. The first-order chi connectivity index (χ1) is 11.3. The second kappa shape index (κ2) is 7.54. The second-order valence-electron chi connectivity index (χ2n) is 6.17. The molecule has 3 heterocycles. The first kappa shape index (κ1) is 15.9. The molecule has 8 heteroatoms. The molecule has 0 radical (unpaired) electrons. The van der Waals surface area contributed by atoms with Gasteiger partial charge in [-0.3, -0.25) is 10.1 Å². The zero-order valence-corrected chi connectivity index (χ0v) is 13.4. The molecular formula is C15H24N6O2. The van der Waals surface area contributed by atoms with E-state index in [1.54, 1.807) is 0 Å². The van der Waals surface area contributed by atoms with Crippen LogP contribution in [0.5, 0.6) is 0 Å². The molecule has 0 spiro atoms. The molecule has 0 atom stereocenters. The van der Waals surface area contributed by atoms with E-state index < -0.39 is 0 Å². The molecule has 2 aliphatic rings. The van der Waals surface area contributed by atoms with Crippen LogP contribution in [0.4, 0.5) is 17.3 Å². The van der Waals surface area contributed by atoms with Gasteiger partial charge in [-0.05, 0) is 38.8 Å². The molecular weight excluding hydrogens is 296 g/mol. The van der Waals surface area contributed by atoms with E-state index in [-0.39, 0.29) is 10.6 Å². The van der Waals surface area contributed by atoms with E-state index in [9.17, 15) is 10.1 Å². The van der Waals surface area contributed by atoms with E-state index in [0.717, 1.165) is 45.6 Å². The highest BCUT2D eigenvalue weighted by molar-refractivity contribution is 5.70. The fraction of sp³-hybridized carbons (Fsp3) is 0.733. The van der Waals surface area contributed by atoms with Crippen LogP contribution in [0.2, 0.25) is 0 Å². The summed E-state index contributed by atoms with van der Waals surface area (Å²) in [7, 11) is 0. The number of hydrogen-bond acceptors (Lipinski definition) is 7. The van der Waals surface area contributed by atoms with Gasteiger partial charge in [-0.2, -0.15) is 0 Å². The van der Waals surface area contributed by atoms with Crippen LogP contribution in [-0.2, 0) is 0 Å². The third kappa shape index (κ3) is 3.87. The van der Waals surface area contributed by atoms with Gasteiger partial charge in [-0.15, -0.1) is 0 Å². The monoisotopic (exact) mass is 320 g/mol. The van der Waals surface area contributed by atoms with Crippen molar-refractivity contribution in [3.05, 3.63) is 16.4 Å². The minimum atomic E-state index is -0.364. The standard InChI is InChI=1S/C15H24N6O2/c22-21(23)13-14(16-6-11-19-7-2-1-3-8-19)17-12-18-15(13)20-9-4-5-10-20/h12H,1-11H2,(H,16,17,18). The summed E-state index contributed by atoms with van der Waals surface area (Å²) >= 11 is 0. The lowest BCUT2D eigenvalue weighted by Crippen LogP contribution is -2.34. The van der Waals surface area contributed by atoms with Gasteiger partial charge in [0.15, 0.2) is 0 Å². The summed E-state index contributed by atoms with van der Waals surface area (Å²) < 4.78 is 0. The summed E-state index contributed by atoms with van der Waals surface area (Å²) in [5.41, 5.74) is 0.00745. The summed E-state index contributed by atoms with van der Waals surface area (Å²) in [4.78, 5) is 23.8. The van der Waals surface area contributed by atoms with Crippen molar-refractivity contribution < 1.29 is 4.92 Å². The highest BCUT2D eigenvalue weighted by Gasteiger charge is 2.28. The Labute approximate surface area is 136 Å². The van der Waals surface area contributed by atoms with E-state index in [1.807, 2.05) is 4.90 Å². The van der Waals surface area contributed by atoms with E-state index in [0.29, 0.717) is 18.2 Å². The molecule has 2 aliphatic heterocycles. The summed E-state index contributed by atoms with van der Waals surface area (Å²) in [6.45, 7) is 5.44. The summed E-state index contributed by atoms with van der Waals surface area (Å²) in [5.74, 6) is 0.784. The van der Waals surface area contributed by atoms with Crippen LogP contribution in [-0.4, -0.2) is 59.1 Å². The van der Waals surface area contributed by atoms with Crippen LogP contribution in [0.25, 0.3) is 0 Å². The zero-order chi connectivity index (χ0) is 16.1. The minimum absolute atomic E-state index is 0.00745. The van der Waals surface area contributed by atoms with Gasteiger partial charge in [0.1, 0.15) is 6.33 Å². The lowest BCUT2D eigenvalue weighted by atomic mass is 10.1. The smallest absolute Gasteiger partial charge is 0.353 e. The van der Waals surface area contributed by atoms with Crippen molar-refractivity contribution >= 4 is 17.3 Å². The molecule has 1 aromatic heterocycles. The first-order valence-corrected chi connectivity index (χ1v) is 8.46. The maximum Gasteiger partial charge on any atom is 0.353 e. The van der Waals surface area contributed by atoms with Crippen LogP contribution in [0, 0.1) is 10.1 Å². The average molecular weight is 320 g/mol. The number of nitrogens with zero attached hydrogens (tertiary/aromatic N) is 5. The summed E-state index contributed by atoms with van der Waals surface area (Å²) in [6.07, 6.45) is 7.32. The first-order valence-electron chi connectivity index (χ1n) is 8.46. The zero-order valence-electron chi connectivity index (χ0n) is 13.4. The summed E-state index contributed by atoms with van der Waals surface area (Å²) in [6, 6.07) is 0. The number of nitro groups is 1. The van der Waals surface area contributed by atoms with Gasteiger partial charge >= 0.3 is 5.69 Å². The Balaban J connectivity index is 1.67. The van der Waals surface area contributed by atoms with Crippen molar-refractivity contribution in [3.8, 4) is 0 Å². The van der Waals surface area contributed by atoms with Crippen molar-refractivity contribution in [1.82, 2.24) is 14.9 Å². The highest BCUT2D eigenvalue weighted by atomic mass is 16.6. The molecule has 0 aliphatic carbocycles. The van der Waals surface area contributed by atoms with E-state index in [2.05, 4.69) is 20.2 Å². The van der Waals surface area contributed by atoms with Gasteiger partial charge in [0.2, 0.25) is 11.6 Å². The van der Waals surface area contributed by atoms with Crippen LogP contribution in [0.15, 0.2) is 6.33 Å². The number of likely N-dealkylation sites (tertiary alicyclic amines) is 1. The molecule has 23 heavy (non-hydrogen) atoms. The molecule has 0 bridgehead atoms. The molecule has 1 N–H and O–H groups in total. The van der Waals surface area contributed by atoms with Gasteiger partial charge in [0, 0.05) is 26.2 Å². The van der Waals surface area contributed by atoms with Gasteiger partial charge in [0.25, 0.3) is 0 Å². The molecule has 3 rings (SSSR count). The topological polar surface area (TPSA) is 87.4 Å². The van der Waals surface area contributed by atoms with Gasteiger partial charge < -0.3 is 15.1 Å². The van der Waals surface area contributed by atoms with Crippen LogP contribution >= 0.6 is 0 Å². The van der Waals surface area contributed by atoms with Crippen molar-refractivity contribution in [2.75, 3.05) is 49.5 Å². The average Bonchev–Trinajstić information content (AvgIpc) is 3.10. The van der Waals surface area contributed by atoms with Crippen molar-refractivity contribution in [2.45, 2.75) is 32.1 Å². The van der Waals surface area contributed by atoms with Crippen molar-refractivity contribution in [2.24, 2.45) is 0 Å². The highest BCUT2D eigenvalue weighted by Crippen LogP contribution is 2.33. The van der Waals surface area contributed by atoms with Gasteiger partial charge in [-0.1, -0.05) is 6.42 Å². The van der Waals surface area contributed by atoms with Crippen molar-refractivity contribution in [1.29, 1.82) is 0 Å². The van der Waals surface area contributed by atoms with Crippen LogP contribution < -0.4 is 10.2 Å². The van der Waals surface area contributed by atoms with Gasteiger partial charge in [-0.25, -0.2) is 9.97 Å². The Morgan fingerprint density at radius 3 is 2.48 bits per heavy atom. The molecule has 0 aromatic carbocycles. The lowest BCUT2D eigenvalue weighted by molar-refractivity contribution is -0.383. The van der Waals surface area contributed by atoms with E-state index in [4.69, 9.17) is 0 Å². The van der Waals surface area contributed by atoms with Crippen LogP contribution in [0.3, 0.4) is 0 Å². The number of anilines is 2. The number of nitrogens with one attached hydrogen (secondary N) is 1.